The Hall–Kier alpha value is -1.34. The molecule has 0 radical (unpaired) electrons. The first-order valence-electron chi connectivity index (χ1n) is 5.17. The summed E-state index contributed by atoms with van der Waals surface area (Å²) >= 11 is 0. The van der Waals surface area contributed by atoms with Gasteiger partial charge in [-0.3, -0.25) is 0 Å². The van der Waals surface area contributed by atoms with Crippen molar-refractivity contribution in [2.75, 3.05) is 21.1 Å². The third kappa shape index (κ3) is 2.20. The van der Waals surface area contributed by atoms with E-state index in [1.165, 1.54) is 4.85 Å². The van der Waals surface area contributed by atoms with Crippen LogP contribution in [0.25, 0.3) is 11.2 Å². The van der Waals surface area contributed by atoms with Crippen molar-refractivity contribution in [2.45, 2.75) is 0 Å². The molecule has 17 heavy (non-hydrogen) atoms. The Balaban J connectivity index is 2.34. The number of hydrogen-bond donors (Lipinski definition) is 3. The van der Waals surface area contributed by atoms with E-state index in [-0.39, 0.29) is 0 Å². The molecule has 2 rings (SSSR count). The number of nitrogens with one attached hydrogen (secondary N) is 3. The molecular formula is C8H16N7OP. The van der Waals surface area contributed by atoms with Gasteiger partial charge in [0.25, 0.3) is 0 Å². The summed E-state index contributed by atoms with van der Waals surface area (Å²) in [6.07, 6.45) is 1.67. The summed E-state index contributed by atoms with van der Waals surface area (Å²) in [5.74, 6) is 0. The second-order valence-electron chi connectivity index (χ2n) is 3.33. The molecule has 0 aromatic carbocycles. The Morgan fingerprint density at radius 2 is 1.94 bits per heavy atom. The zero-order valence-electron chi connectivity index (χ0n) is 9.93. The van der Waals surface area contributed by atoms with Gasteiger partial charge >= 0.3 is 98.6 Å². The van der Waals surface area contributed by atoms with E-state index in [1.807, 2.05) is 27.2 Å². The summed E-state index contributed by atoms with van der Waals surface area (Å²) in [7, 11) is 2.97. The Morgan fingerprint density at radius 1 is 1.24 bits per heavy atom. The minimum absolute atomic E-state index is 0.588. The monoisotopic (exact) mass is 257 g/mol. The predicted octanol–water partition coefficient (Wildman–Crippen LogP) is -0.677. The van der Waals surface area contributed by atoms with Crippen molar-refractivity contribution in [3.8, 4) is 0 Å². The average Bonchev–Trinajstić information content (AvgIpc) is 2.79. The van der Waals surface area contributed by atoms with Crippen molar-refractivity contribution in [3.05, 3.63) is 18.3 Å². The van der Waals surface area contributed by atoms with Gasteiger partial charge in [0.2, 0.25) is 0 Å². The Morgan fingerprint density at radius 3 is 2.59 bits per heavy atom. The van der Waals surface area contributed by atoms with Gasteiger partial charge in [-0.2, -0.15) is 0 Å². The van der Waals surface area contributed by atoms with Crippen LogP contribution < -0.4 is 19.9 Å². The molecule has 0 aliphatic rings. The van der Waals surface area contributed by atoms with Gasteiger partial charge in [0.15, 0.2) is 0 Å². The number of pyridine rings is 1. The van der Waals surface area contributed by atoms with Crippen LogP contribution in [-0.4, -0.2) is 41.3 Å². The molecular weight excluding hydrogens is 241 g/mol. The molecule has 8 nitrogen and oxygen atoms in total. The van der Waals surface area contributed by atoms with E-state index in [4.69, 9.17) is 4.62 Å². The summed E-state index contributed by atoms with van der Waals surface area (Å²) in [5, 5.41) is 17.2. The van der Waals surface area contributed by atoms with Crippen molar-refractivity contribution < 1.29 is 4.62 Å². The van der Waals surface area contributed by atoms with E-state index in [1.54, 1.807) is 12.3 Å². The molecule has 94 valence electrons. The quantitative estimate of drug-likeness (QED) is 0.612. The van der Waals surface area contributed by atoms with Crippen LogP contribution in [0.4, 0.5) is 0 Å². The molecule has 2 aromatic heterocycles. The Bertz CT molecular complexity index is 489. The fraction of sp³-hybridized carbons (Fsp3) is 0.375. The molecule has 2 heterocycles. The first-order valence-corrected chi connectivity index (χ1v) is 7.08. The van der Waals surface area contributed by atoms with Gasteiger partial charge < -0.3 is 0 Å². The van der Waals surface area contributed by atoms with Gasteiger partial charge in [0.1, 0.15) is 0 Å². The van der Waals surface area contributed by atoms with Crippen molar-refractivity contribution in [1.29, 1.82) is 0 Å². The number of fused-ring (bicyclic) bond motifs is 1. The summed E-state index contributed by atoms with van der Waals surface area (Å²) in [6, 6.07) is 3.64. The van der Waals surface area contributed by atoms with Gasteiger partial charge in [0, 0.05) is 0 Å². The Labute approximate surface area is 99.3 Å². The molecule has 0 unspecified atom stereocenters. The molecule has 9 heteroatoms. The minimum atomic E-state index is -2.47. The zero-order valence-corrected chi connectivity index (χ0v) is 10.9. The van der Waals surface area contributed by atoms with Crippen molar-refractivity contribution >= 4 is 19.1 Å². The average molecular weight is 257 g/mol. The fourth-order valence-corrected chi connectivity index (χ4v) is 2.85. The molecule has 0 spiro atoms. The van der Waals surface area contributed by atoms with E-state index in [0.29, 0.717) is 11.2 Å². The maximum absolute atomic E-state index is 5.79. The van der Waals surface area contributed by atoms with Crippen molar-refractivity contribution in [3.63, 3.8) is 0 Å². The number of hydrogen-bond acceptors (Lipinski definition) is 7. The van der Waals surface area contributed by atoms with Gasteiger partial charge in [-0.05, 0) is 0 Å². The SMILES string of the molecule is CN[PH](NC)(NC)On1nnc2cccnc21. The number of aromatic nitrogens is 4. The molecule has 0 fully saturated rings. The molecule has 0 bridgehead atoms. The normalized spacial score (nSPS) is 12.9. The van der Waals surface area contributed by atoms with Crippen LogP contribution in [0.5, 0.6) is 0 Å². The summed E-state index contributed by atoms with van der Waals surface area (Å²) in [6.45, 7) is 0. The molecule has 0 saturated heterocycles. The first-order chi connectivity index (χ1) is 8.24. The molecule has 0 amide bonds. The van der Waals surface area contributed by atoms with E-state index < -0.39 is 7.94 Å². The van der Waals surface area contributed by atoms with Crippen LogP contribution in [0.2, 0.25) is 0 Å². The predicted molar refractivity (Wildman–Crippen MR) is 67.4 cm³/mol. The molecule has 0 saturated carbocycles. The van der Waals surface area contributed by atoms with Crippen LogP contribution in [0, 0.1) is 0 Å². The molecule has 3 N–H and O–H groups in total. The van der Waals surface area contributed by atoms with E-state index >= 15 is 0 Å². The van der Waals surface area contributed by atoms with Gasteiger partial charge in [-0.1, -0.05) is 0 Å². The third-order valence-corrected chi connectivity index (χ3v) is 5.02. The molecule has 2 aromatic rings. The maximum atomic E-state index is 5.79. The van der Waals surface area contributed by atoms with Crippen molar-refractivity contribution in [1.82, 2.24) is 35.4 Å². The van der Waals surface area contributed by atoms with Crippen LogP contribution >= 0.6 is 7.94 Å². The van der Waals surface area contributed by atoms with E-state index in [9.17, 15) is 0 Å². The molecule has 0 aliphatic carbocycles. The second-order valence-corrected chi connectivity index (χ2v) is 6.38. The molecule has 0 aliphatic heterocycles. The van der Waals surface area contributed by atoms with Crippen LogP contribution in [-0.2, 0) is 0 Å². The van der Waals surface area contributed by atoms with Crippen LogP contribution in [0.15, 0.2) is 18.3 Å². The second kappa shape index (κ2) is 4.89. The van der Waals surface area contributed by atoms with E-state index in [2.05, 4.69) is 30.6 Å². The fourth-order valence-electron chi connectivity index (χ4n) is 1.45. The standard InChI is InChI=1S/C8H16N7OP/c1-9-17(10-2,11-3)16-15-8-7(13-14-15)5-4-6-12-8/h4-6,9-11,17H,1-3H3. The summed E-state index contributed by atoms with van der Waals surface area (Å²) in [4.78, 5) is 5.50. The zero-order chi connectivity index (χ0) is 12.3. The number of rotatable bonds is 5. The topological polar surface area (TPSA) is 88.9 Å². The Kier molecular flexibility index (Phi) is 3.49. The van der Waals surface area contributed by atoms with Crippen molar-refractivity contribution in [2.24, 2.45) is 0 Å². The number of nitrogens with zero attached hydrogens (tertiary/aromatic N) is 4. The van der Waals surface area contributed by atoms with Gasteiger partial charge in [-0.15, -0.1) is 0 Å². The van der Waals surface area contributed by atoms with Gasteiger partial charge in [0.05, 0.1) is 0 Å². The van der Waals surface area contributed by atoms with Gasteiger partial charge in [-0.25, -0.2) is 0 Å². The first kappa shape index (κ1) is 12.1. The summed E-state index contributed by atoms with van der Waals surface area (Å²) < 4.78 is 5.79. The molecule has 0 atom stereocenters. The van der Waals surface area contributed by atoms with Crippen LogP contribution in [0.3, 0.4) is 0 Å². The van der Waals surface area contributed by atoms with E-state index in [0.717, 1.165) is 0 Å². The summed E-state index contributed by atoms with van der Waals surface area (Å²) in [5.41, 5.74) is 1.28. The third-order valence-electron chi connectivity index (χ3n) is 2.46. The van der Waals surface area contributed by atoms with Crippen LogP contribution in [0.1, 0.15) is 0 Å².